The summed E-state index contributed by atoms with van der Waals surface area (Å²) in [6.07, 6.45) is -0.743. The third-order valence-corrected chi connectivity index (χ3v) is 8.71. The molecule has 0 radical (unpaired) electrons. The molecule has 10 nitrogen and oxygen atoms in total. The third-order valence-electron chi connectivity index (χ3n) is 6.88. The fraction of sp³-hybridized carbons (Fsp3) is 0.300. The number of phenolic OH excluding ortho intramolecular Hbond substituents is 1. The summed E-state index contributed by atoms with van der Waals surface area (Å²) in [6, 6.07) is 16.6. The van der Waals surface area contributed by atoms with Crippen molar-refractivity contribution in [3.63, 3.8) is 0 Å². The zero-order valence-corrected chi connectivity index (χ0v) is 24.2. The van der Waals surface area contributed by atoms with Crippen LogP contribution in [-0.2, 0) is 16.4 Å². The van der Waals surface area contributed by atoms with Crippen LogP contribution in [0.5, 0.6) is 5.75 Å². The van der Waals surface area contributed by atoms with E-state index in [0.717, 1.165) is 5.56 Å². The van der Waals surface area contributed by atoms with Crippen LogP contribution in [0.3, 0.4) is 0 Å². The Morgan fingerprint density at radius 2 is 1.80 bits per heavy atom. The fourth-order valence-corrected chi connectivity index (χ4v) is 6.38. The number of nitrogens with zero attached hydrogens (tertiary/aromatic N) is 2. The molecule has 0 saturated heterocycles. The maximum atomic E-state index is 13.8. The zero-order chi connectivity index (χ0) is 29.9. The maximum absolute atomic E-state index is 13.8. The molecule has 0 saturated carbocycles. The van der Waals surface area contributed by atoms with Crippen molar-refractivity contribution in [3.8, 4) is 5.75 Å². The van der Waals surface area contributed by atoms with Gasteiger partial charge in [0, 0.05) is 36.0 Å². The summed E-state index contributed by atoms with van der Waals surface area (Å²) in [5.41, 5.74) is 15.0. The van der Waals surface area contributed by atoms with Crippen LogP contribution in [0.25, 0.3) is 16.8 Å². The third kappa shape index (κ3) is 6.82. The first-order chi connectivity index (χ1) is 19.4. The highest BCUT2D eigenvalue weighted by Gasteiger charge is 2.31. The van der Waals surface area contributed by atoms with E-state index in [2.05, 4.69) is 16.9 Å². The number of aliphatic hydroxyl groups is 1. The van der Waals surface area contributed by atoms with E-state index >= 15 is 0 Å². The monoisotopic (exact) mass is 579 g/mol. The van der Waals surface area contributed by atoms with Crippen molar-refractivity contribution >= 4 is 38.5 Å². The minimum absolute atomic E-state index is 0.0129. The SMILES string of the molecule is C=C(N[C@@H](Cc1ccccc1)[C@H](O)CN(CC(C)C)S(=O)(=O)c1ccc2nc(N)oc2c1)c1ccc(N)c(O)c1C. The van der Waals surface area contributed by atoms with E-state index in [9.17, 15) is 18.6 Å². The Hall–Kier alpha value is -4.06. The summed E-state index contributed by atoms with van der Waals surface area (Å²) in [7, 11) is -4.03. The number of aromatic hydroxyl groups is 1. The number of aliphatic hydroxyl groups excluding tert-OH is 1. The van der Waals surface area contributed by atoms with Gasteiger partial charge in [-0.3, -0.25) is 0 Å². The van der Waals surface area contributed by atoms with E-state index in [1.165, 1.54) is 16.4 Å². The lowest BCUT2D eigenvalue weighted by molar-refractivity contribution is 0.108. The molecule has 218 valence electrons. The molecule has 2 atom stereocenters. The van der Waals surface area contributed by atoms with Crippen LogP contribution in [0.1, 0.15) is 30.5 Å². The first-order valence-corrected chi connectivity index (χ1v) is 14.7. The van der Waals surface area contributed by atoms with Crippen LogP contribution in [-0.4, -0.2) is 53.2 Å². The van der Waals surface area contributed by atoms with Crippen LogP contribution in [0.2, 0.25) is 0 Å². The van der Waals surface area contributed by atoms with Crippen molar-refractivity contribution in [2.75, 3.05) is 24.6 Å². The fourth-order valence-electron chi connectivity index (χ4n) is 4.75. The summed E-state index contributed by atoms with van der Waals surface area (Å²) in [4.78, 5) is 4.05. The van der Waals surface area contributed by atoms with Gasteiger partial charge in [-0.05, 0) is 43.0 Å². The summed E-state index contributed by atoms with van der Waals surface area (Å²) in [5.74, 6) is -0.0529. The molecule has 0 aliphatic carbocycles. The molecule has 1 heterocycles. The molecular weight excluding hydrogens is 542 g/mol. The number of nitrogen functional groups attached to an aromatic ring is 2. The smallest absolute Gasteiger partial charge is 0.292 e. The van der Waals surface area contributed by atoms with E-state index < -0.39 is 22.2 Å². The number of phenols is 1. The highest BCUT2D eigenvalue weighted by molar-refractivity contribution is 7.89. The number of hydrogen-bond acceptors (Lipinski definition) is 9. The maximum Gasteiger partial charge on any atom is 0.292 e. The number of sulfonamides is 1. The standard InChI is InChI=1S/C30H37N5O5S/c1-18(2)16-35(41(38,39)22-10-13-25-28(15-22)40-30(32)34-25)17-27(36)26(14-21-8-6-5-7-9-21)33-20(4)23-11-12-24(31)29(37)19(23)3/h5-13,15,18,26-27,33,36-37H,4,14,16-17,31H2,1-3H3,(H2,32,34)/t26-,27+/m0/s1. The molecule has 0 spiro atoms. The van der Waals surface area contributed by atoms with Gasteiger partial charge >= 0.3 is 0 Å². The van der Waals surface area contributed by atoms with Gasteiger partial charge in [-0.2, -0.15) is 9.29 Å². The Morgan fingerprint density at radius 3 is 2.49 bits per heavy atom. The molecule has 3 aromatic carbocycles. The summed E-state index contributed by atoms with van der Waals surface area (Å²) in [6.45, 7) is 9.69. The Bertz CT molecular complexity index is 1640. The average molecular weight is 580 g/mol. The van der Waals surface area contributed by atoms with Gasteiger partial charge in [0.2, 0.25) is 10.0 Å². The van der Waals surface area contributed by atoms with Crippen LogP contribution >= 0.6 is 0 Å². The van der Waals surface area contributed by atoms with Gasteiger partial charge in [0.15, 0.2) is 5.58 Å². The number of aromatic nitrogens is 1. The van der Waals surface area contributed by atoms with Gasteiger partial charge in [-0.1, -0.05) is 56.8 Å². The molecule has 0 fully saturated rings. The normalized spacial score (nSPS) is 13.5. The lowest BCUT2D eigenvalue weighted by Crippen LogP contribution is -2.49. The number of oxazole rings is 1. The van der Waals surface area contributed by atoms with Gasteiger partial charge in [-0.15, -0.1) is 0 Å². The van der Waals surface area contributed by atoms with Gasteiger partial charge in [-0.25, -0.2) is 8.42 Å². The van der Waals surface area contributed by atoms with Gasteiger partial charge in [0.1, 0.15) is 11.3 Å². The molecule has 0 unspecified atom stereocenters. The molecule has 1 aromatic heterocycles. The number of hydrogen-bond donors (Lipinski definition) is 5. The van der Waals surface area contributed by atoms with E-state index in [0.29, 0.717) is 28.8 Å². The Labute approximate surface area is 240 Å². The molecule has 0 aliphatic rings. The first kappa shape index (κ1) is 29.9. The second-order valence-electron chi connectivity index (χ2n) is 10.6. The second kappa shape index (κ2) is 12.2. The highest BCUT2D eigenvalue weighted by Crippen LogP contribution is 2.30. The Balaban J connectivity index is 1.64. The topological polar surface area (TPSA) is 168 Å². The predicted molar refractivity (Wildman–Crippen MR) is 161 cm³/mol. The lowest BCUT2D eigenvalue weighted by Gasteiger charge is -2.32. The quantitative estimate of drug-likeness (QED) is 0.124. The molecule has 4 aromatic rings. The van der Waals surface area contributed by atoms with Crippen molar-refractivity contribution in [2.24, 2.45) is 5.92 Å². The van der Waals surface area contributed by atoms with Crippen LogP contribution in [0.4, 0.5) is 11.7 Å². The molecule has 41 heavy (non-hydrogen) atoms. The number of nitrogens with one attached hydrogen (secondary N) is 1. The molecule has 4 rings (SSSR count). The van der Waals surface area contributed by atoms with Crippen molar-refractivity contribution in [1.29, 1.82) is 0 Å². The van der Waals surface area contributed by atoms with Gasteiger partial charge in [0.05, 0.1) is 22.7 Å². The second-order valence-corrected chi connectivity index (χ2v) is 12.5. The Kier molecular flexibility index (Phi) is 8.91. The number of rotatable bonds is 12. The van der Waals surface area contributed by atoms with E-state index in [4.69, 9.17) is 15.9 Å². The molecular formula is C30H37N5O5S. The summed E-state index contributed by atoms with van der Waals surface area (Å²) < 4.78 is 34.3. The van der Waals surface area contributed by atoms with Gasteiger partial charge in [0.25, 0.3) is 6.01 Å². The van der Waals surface area contributed by atoms with Crippen molar-refractivity contribution in [2.45, 2.75) is 44.2 Å². The zero-order valence-electron chi connectivity index (χ0n) is 23.4. The highest BCUT2D eigenvalue weighted by atomic mass is 32.2. The average Bonchev–Trinajstić information content (AvgIpc) is 3.30. The van der Waals surface area contributed by atoms with E-state index in [1.807, 2.05) is 44.2 Å². The number of benzene rings is 3. The van der Waals surface area contributed by atoms with E-state index in [-0.39, 0.29) is 46.9 Å². The largest absolute Gasteiger partial charge is 0.505 e. The minimum atomic E-state index is -4.03. The van der Waals surface area contributed by atoms with E-state index in [1.54, 1.807) is 25.1 Å². The summed E-state index contributed by atoms with van der Waals surface area (Å²) >= 11 is 0. The predicted octanol–water partition coefficient (Wildman–Crippen LogP) is 3.89. The summed E-state index contributed by atoms with van der Waals surface area (Å²) in [5, 5.41) is 25.2. The molecule has 0 aliphatic heterocycles. The minimum Gasteiger partial charge on any atom is -0.505 e. The van der Waals surface area contributed by atoms with Crippen molar-refractivity contribution in [1.82, 2.24) is 14.6 Å². The van der Waals surface area contributed by atoms with Crippen LogP contribution < -0.4 is 16.8 Å². The molecule has 0 bridgehead atoms. The molecule has 0 amide bonds. The number of nitrogens with two attached hydrogens (primary N) is 2. The number of fused-ring (bicyclic) bond motifs is 1. The number of anilines is 2. The van der Waals surface area contributed by atoms with Crippen molar-refractivity contribution < 1.29 is 23.0 Å². The van der Waals surface area contributed by atoms with Gasteiger partial charge < -0.3 is 31.4 Å². The van der Waals surface area contributed by atoms with Crippen LogP contribution in [0.15, 0.2) is 76.6 Å². The van der Waals surface area contributed by atoms with Crippen molar-refractivity contribution in [3.05, 3.63) is 83.9 Å². The first-order valence-electron chi connectivity index (χ1n) is 13.3. The Morgan fingerprint density at radius 1 is 1.10 bits per heavy atom. The molecule has 7 N–H and O–H groups in total. The van der Waals surface area contributed by atoms with Crippen LogP contribution in [0, 0.1) is 12.8 Å². The molecule has 11 heteroatoms. The lowest BCUT2D eigenvalue weighted by atomic mass is 9.98.